The van der Waals surface area contributed by atoms with E-state index in [4.69, 9.17) is 20.8 Å². The van der Waals surface area contributed by atoms with Crippen molar-refractivity contribution >= 4 is 40.5 Å². The summed E-state index contributed by atoms with van der Waals surface area (Å²) in [6.45, 7) is 3.46. The molecule has 3 atom stereocenters. The van der Waals surface area contributed by atoms with Crippen LogP contribution in [-0.2, 0) is 9.59 Å². The van der Waals surface area contributed by atoms with Crippen molar-refractivity contribution in [1.82, 2.24) is 5.01 Å². The van der Waals surface area contributed by atoms with Gasteiger partial charge in [0.05, 0.1) is 17.7 Å². The number of furan rings is 1. The van der Waals surface area contributed by atoms with E-state index in [9.17, 15) is 9.59 Å². The van der Waals surface area contributed by atoms with Crippen molar-refractivity contribution in [1.29, 1.82) is 0 Å². The van der Waals surface area contributed by atoms with Gasteiger partial charge in [-0.15, -0.1) is 0 Å². The molecule has 9 heteroatoms. The van der Waals surface area contributed by atoms with Gasteiger partial charge in [0.15, 0.2) is 6.10 Å². The fourth-order valence-corrected chi connectivity index (χ4v) is 4.17. The third-order valence-electron chi connectivity index (χ3n) is 5.85. The molecule has 1 aromatic heterocycles. The van der Waals surface area contributed by atoms with E-state index in [0.717, 1.165) is 11.3 Å². The maximum Gasteiger partial charge on any atom is 0.265 e. The van der Waals surface area contributed by atoms with Gasteiger partial charge < -0.3 is 19.8 Å². The zero-order chi connectivity index (χ0) is 23.8. The summed E-state index contributed by atoms with van der Waals surface area (Å²) in [4.78, 5) is 25.4. The summed E-state index contributed by atoms with van der Waals surface area (Å²) in [5.41, 5.74) is 2.91. The summed E-state index contributed by atoms with van der Waals surface area (Å²) >= 11 is 6.03. The van der Waals surface area contributed by atoms with Gasteiger partial charge >= 0.3 is 0 Å². The first-order valence-corrected chi connectivity index (χ1v) is 11.3. The lowest BCUT2D eigenvalue weighted by molar-refractivity contribution is -0.133. The molecule has 174 valence electrons. The molecular formula is C25H23ClN4O4. The molecule has 0 fully saturated rings. The second kappa shape index (κ2) is 8.87. The Balaban J connectivity index is 1.37. The van der Waals surface area contributed by atoms with Gasteiger partial charge in [0.1, 0.15) is 23.6 Å². The number of carbonyl (C=O) groups excluding carboxylic acids is 2. The van der Waals surface area contributed by atoms with E-state index in [2.05, 4.69) is 15.7 Å². The highest BCUT2D eigenvalue weighted by Crippen LogP contribution is 2.35. The smallest absolute Gasteiger partial charge is 0.265 e. The number of ether oxygens (including phenoxy) is 1. The third kappa shape index (κ3) is 4.24. The monoisotopic (exact) mass is 478 g/mol. The van der Waals surface area contributed by atoms with Crippen LogP contribution in [-0.4, -0.2) is 34.7 Å². The molecule has 2 amide bonds. The quantitative estimate of drug-likeness (QED) is 0.547. The van der Waals surface area contributed by atoms with Crippen LogP contribution in [0.3, 0.4) is 0 Å². The number of carbonyl (C=O) groups is 2. The molecule has 8 nitrogen and oxygen atoms in total. The van der Waals surface area contributed by atoms with E-state index in [1.165, 1.54) is 5.01 Å². The number of halogens is 1. The molecule has 3 aromatic rings. The van der Waals surface area contributed by atoms with E-state index < -0.39 is 12.1 Å². The highest BCUT2D eigenvalue weighted by atomic mass is 35.5. The van der Waals surface area contributed by atoms with Crippen LogP contribution in [0.4, 0.5) is 11.4 Å². The van der Waals surface area contributed by atoms with Gasteiger partial charge in [-0.3, -0.25) is 9.59 Å². The van der Waals surface area contributed by atoms with E-state index >= 15 is 0 Å². The molecule has 2 aliphatic heterocycles. The van der Waals surface area contributed by atoms with Crippen LogP contribution in [0.25, 0.3) is 0 Å². The van der Waals surface area contributed by atoms with Crippen LogP contribution < -0.4 is 15.4 Å². The average molecular weight is 479 g/mol. The first-order valence-electron chi connectivity index (χ1n) is 11.0. The largest absolute Gasteiger partial charge is 0.479 e. The topological polar surface area (TPSA) is 96.2 Å². The number of fused-ring (bicyclic) bond motifs is 1. The van der Waals surface area contributed by atoms with Gasteiger partial charge in [-0.05, 0) is 61.9 Å². The van der Waals surface area contributed by atoms with Gasteiger partial charge in [-0.25, -0.2) is 5.01 Å². The molecule has 2 N–H and O–H groups in total. The van der Waals surface area contributed by atoms with Crippen LogP contribution in [0.1, 0.15) is 37.6 Å². The van der Waals surface area contributed by atoms with Crippen molar-refractivity contribution in [3.8, 4) is 5.75 Å². The second-order valence-electron chi connectivity index (χ2n) is 8.30. The number of rotatable bonds is 5. The summed E-state index contributed by atoms with van der Waals surface area (Å²) in [6, 6.07) is 15.4. The molecule has 0 bridgehead atoms. The number of amides is 2. The molecule has 0 aliphatic carbocycles. The molecule has 5 rings (SSSR count). The van der Waals surface area contributed by atoms with Gasteiger partial charge in [-0.2, -0.15) is 5.10 Å². The lowest BCUT2D eigenvalue weighted by atomic mass is 10.0. The zero-order valence-electron chi connectivity index (χ0n) is 18.6. The minimum absolute atomic E-state index is 0.211. The molecular weight excluding hydrogens is 456 g/mol. The number of hydrogen-bond donors (Lipinski definition) is 2. The molecule has 0 saturated heterocycles. The maximum atomic E-state index is 13.5. The molecule has 2 aliphatic rings. The second-order valence-corrected chi connectivity index (χ2v) is 8.73. The average Bonchev–Trinajstić information content (AvgIpc) is 3.50. The lowest BCUT2D eigenvalue weighted by Crippen LogP contribution is -2.39. The Morgan fingerprint density at radius 2 is 2.03 bits per heavy atom. The standard InChI is InChI=1S/C25H23ClN4O4/c1-14(27-18-9-10-22-20(12-18)28-24(31)15(2)34-22)25(32)30-21(23-4-3-11-33-23)13-19(29-30)16-5-7-17(26)8-6-16/h3-12,14-15,21,27H,13H2,1-2H3,(H,28,31)/t14-,15+,21+/m0/s1. The predicted molar refractivity (Wildman–Crippen MR) is 129 cm³/mol. The maximum absolute atomic E-state index is 13.5. The first-order chi connectivity index (χ1) is 16.4. The Kier molecular flexibility index (Phi) is 5.75. The van der Waals surface area contributed by atoms with Gasteiger partial charge in [-0.1, -0.05) is 23.7 Å². The normalized spacial score (nSPS) is 20.1. The summed E-state index contributed by atoms with van der Waals surface area (Å²) in [5.74, 6) is 0.829. The van der Waals surface area contributed by atoms with E-state index in [1.54, 1.807) is 50.4 Å². The summed E-state index contributed by atoms with van der Waals surface area (Å²) < 4.78 is 11.2. The van der Waals surface area contributed by atoms with Crippen LogP contribution in [0.2, 0.25) is 5.02 Å². The molecule has 34 heavy (non-hydrogen) atoms. The van der Waals surface area contributed by atoms with Crippen molar-refractivity contribution in [2.75, 3.05) is 10.6 Å². The molecule has 3 heterocycles. The summed E-state index contributed by atoms with van der Waals surface area (Å²) in [5, 5.41) is 12.8. The number of anilines is 2. The number of benzene rings is 2. The van der Waals surface area contributed by atoms with E-state index in [1.807, 2.05) is 24.3 Å². The number of hydrogen-bond acceptors (Lipinski definition) is 6. The number of nitrogens with zero attached hydrogens (tertiary/aromatic N) is 2. The number of hydrazone groups is 1. The molecule has 0 unspecified atom stereocenters. The van der Waals surface area contributed by atoms with Crippen LogP contribution in [0.5, 0.6) is 5.75 Å². The van der Waals surface area contributed by atoms with Crippen LogP contribution in [0, 0.1) is 0 Å². The minimum Gasteiger partial charge on any atom is -0.479 e. The minimum atomic E-state index is -0.594. The van der Waals surface area contributed by atoms with E-state index in [0.29, 0.717) is 34.3 Å². The van der Waals surface area contributed by atoms with Crippen LogP contribution >= 0.6 is 11.6 Å². The highest BCUT2D eigenvalue weighted by molar-refractivity contribution is 6.30. The molecule has 0 spiro atoms. The first kappa shape index (κ1) is 22.0. The van der Waals surface area contributed by atoms with Crippen LogP contribution in [0.15, 0.2) is 70.4 Å². The third-order valence-corrected chi connectivity index (χ3v) is 6.10. The van der Waals surface area contributed by atoms with Crippen molar-refractivity contribution < 1.29 is 18.7 Å². The fraction of sp³-hybridized carbons (Fsp3) is 0.240. The van der Waals surface area contributed by atoms with Crippen molar-refractivity contribution in [3.63, 3.8) is 0 Å². The zero-order valence-corrected chi connectivity index (χ0v) is 19.4. The molecule has 2 aromatic carbocycles. The van der Waals surface area contributed by atoms with Crippen molar-refractivity contribution in [3.05, 3.63) is 77.2 Å². The Morgan fingerprint density at radius 1 is 1.24 bits per heavy atom. The fourth-order valence-electron chi connectivity index (χ4n) is 4.04. The Hall–Kier alpha value is -3.78. The van der Waals surface area contributed by atoms with Crippen molar-refractivity contribution in [2.45, 2.75) is 38.5 Å². The Morgan fingerprint density at radius 3 is 2.76 bits per heavy atom. The van der Waals surface area contributed by atoms with E-state index in [-0.39, 0.29) is 17.9 Å². The van der Waals surface area contributed by atoms with Crippen molar-refractivity contribution in [2.24, 2.45) is 5.10 Å². The summed E-state index contributed by atoms with van der Waals surface area (Å²) in [7, 11) is 0. The Labute approximate surface area is 201 Å². The lowest BCUT2D eigenvalue weighted by Gasteiger charge is -2.26. The Bertz CT molecular complexity index is 1260. The SMILES string of the molecule is C[C@H](Nc1ccc2c(c1)NC(=O)[C@@H](C)O2)C(=O)N1N=C(c2ccc(Cl)cc2)C[C@@H]1c1ccco1. The van der Waals surface area contributed by atoms with Gasteiger partial charge in [0, 0.05) is 17.1 Å². The summed E-state index contributed by atoms with van der Waals surface area (Å²) in [6.07, 6.45) is 1.56. The molecule has 0 radical (unpaired) electrons. The highest BCUT2D eigenvalue weighted by Gasteiger charge is 2.37. The van der Waals surface area contributed by atoms with Gasteiger partial charge in [0.2, 0.25) is 0 Å². The predicted octanol–water partition coefficient (Wildman–Crippen LogP) is 4.83. The van der Waals surface area contributed by atoms with Gasteiger partial charge in [0.25, 0.3) is 11.8 Å². The number of nitrogens with one attached hydrogen (secondary N) is 2. The molecule has 0 saturated carbocycles.